The molecule has 0 radical (unpaired) electrons. The van der Waals surface area contributed by atoms with E-state index in [9.17, 15) is 24.6 Å². The molecule has 1 aliphatic rings. The fourth-order valence-electron chi connectivity index (χ4n) is 3.25. The molecule has 2 heterocycles. The molecule has 0 spiro atoms. The lowest BCUT2D eigenvalue weighted by Gasteiger charge is -2.52. The molecule has 2 N–H and O–H groups in total. The third-order valence-electron chi connectivity index (χ3n) is 6.01. The second-order valence-electron chi connectivity index (χ2n) is 9.23. The van der Waals surface area contributed by atoms with Gasteiger partial charge in [0.15, 0.2) is 20.1 Å². The summed E-state index contributed by atoms with van der Waals surface area (Å²) in [5.41, 5.74) is 0. The third-order valence-corrected chi connectivity index (χ3v) is 11.9. The van der Waals surface area contributed by atoms with Crippen LogP contribution in [0.5, 0.6) is 11.8 Å². The van der Waals surface area contributed by atoms with Gasteiger partial charge in [0.05, 0.1) is 19.1 Å². The van der Waals surface area contributed by atoms with Crippen molar-refractivity contribution in [1.82, 2.24) is 8.87 Å². The number of ether oxygens (including phenoxy) is 1. The molecule has 11 heteroatoms. The number of nitrogens with zero attached hydrogens (tertiary/aromatic N) is 2. The second kappa shape index (κ2) is 8.87. The van der Waals surface area contributed by atoms with Gasteiger partial charge in [-0.1, -0.05) is 20.8 Å². The first-order valence-electron chi connectivity index (χ1n) is 9.99. The maximum absolute atomic E-state index is 13.2. The van der Waals surface area contributed by atoms with Gasteiger partial charge >= 0.3 is 5.97 Å². The van der Waals surface area contributed by atoms with E-state index in [1.54, 1.807) is 6.92 Å². The molecule has 0 aliphatic carbocycles. The topological polar surface area (TPSA) is 118 Å². The Morgan fingerprint density at radius 1 is 1.19 bits per heavy atom. The van der Waals surface area contributed by atoms with Gasteiger partial charge in [0.1, 0.15) is 5.37 Å². The van der Waals surface area contributed by atoms with Gasteiger partial charge in [-0.2, -0.15) is 0 Å². The van der Waals surface area contributed by atoms with E-state index < -0.39 is 49.4 Å². The molecule has 0 bridgehead atoms. The standard InChI is InChI=1S/C20H32N2O7SSi/c1-11(23)16(19(27)28-6)21-17(26)15(12(2)29-31(7,8)20(3,4)5)18(21)30-22-13(24)9-10-14(22)25/h9-10,12,15-16,18,24-25H,1-8H3/t12-,15+,16?,18-/m1/s1. The van der Waals surface area contributed by atoms with Crippen molar-refractivity contribution in [2.75, 3.05) is 7.11 Å². The number of aromatic hydroxyl groups is 2. The Kier molecular flexibility index (Phi) is 7.23. The van der Waals surface area contributed by atoms with E-state index in [-0.39, 0.29) is 16.8 Å². The Labute approximate surface area is 188 Å². The number of hydrogen-bond acceptors (Lipinski definition) is 8. The average molecular weight is 473 g/mol. The van der Waals surface area contributed by atoms with Gasteiger partial charge in [0.2, 0.25) is 17.7 Å². The van der Waals surface area contributed by atoms with Crippen molar-refractivity contribution in [2.24, 2.45) is 5.92 Å². The minimum atomic E-state index is -2.22. The molecule has 1 aromatic rings. The van der Waals surface area contributed by atoms with Crippen LogP contribution >= 0.6 is 11.9 Å². The van der Waals surface area contributed by atoms with E-state index in [1.165, 1.54) is 19.1 Å². The van der Waals surface area contributed by atoms with Gasteiger partial charge in [-0.15, -0.1) is 0 Å². The summed E-state index contributed by atoms with van der Waals surface area (Å²) in [6, 6.07) is 1.20. The lowest BCUT2D eigenvalue weighted by atomic mass is 9.90. The molecular formula is C20H32N2O7SSi. The van der Waals surface area contributed by atoms with Gasteiger partial charge in [-0.25, -0.2) is 8.77 Å². The van der Waals surface area contributed by atoms with Crippen LogP contribution in [-0.4, -0.2) is 69.7 Å². The second-order valence-corrected chi connectivity index (χ2v) is 15.0. The van der Waals surface area contributed by atoms with Crippen LogP contribution in [0.1, 0.15) is 34.6 Å². The summed E-state index contributed by atoms with van der Waals surface area (Å²) in [5, 5.41) is 19.3. The molecule has 1 aromatic heterocycles. The van der Waals surface area contributed by atoms with Crippen molar-refractivity contribution in [3.05, 3.63) is 12.1 Å². The maximum atomic E-state index is 13.2. The van der Waals surface area contributed by atoms with Gasteiger partial charge < -0.3 is 24.3 Å². The van der Waals surface area contributed by atoms with Crippen LogP contribution in [0, 0.1) is 5.92 Å². The fourth-order valence-corrected chi connectivity index (χ4v) is 6.03. The molecule has 9 nitrogen and oxygen atoms in total. The van der Waals surface area contributed by atoms with Crippen molar-refractivity contribution in [3.63, 3.8) is 0 Å². The fraction of sp³-hybridized carbons (Fsp3) is 0.650. The van der Waals surface area contributed by atoms with E-state index in [0.717, 1.165) is 27.9 Å². The van der Waals surface area contributed by atoms with Gasteiger partial charge in [-0.3, -0.25) is 9.59 Å². The molecule has 4 atom stereocenters. The molecule has 1 saturated heterocycles. The minimum absolute atomic E-state index is 0.0821. The summed E-state index contributed by atoms with van der Waals surface area (Å²) in [7, 11) is -1.07. The number of likely N-dealkylation sites (tertiary alicyclic amines) is 1. The molecule has 2 rings (SSSR count). The zero-order valence-electron chi connectivity index (χ0n) is 19.2. The van der Waals surface area contributed by atoms with Crippen molar-refractivity contribution in [2.45, 2.75) is 70.3 Å². The molecular weight excluding hydrogens is 440 g/mol. The van der Waals surface area contributed by atoms with Crippen LogP contribution in [0.3, 0.4) is 0 Å². The Balaban J connectivity index is 2.42. The zero-order valence-corrected chi connectivity index (χ0v) is 21.0. The number of esters is 1. The summed E-state index contributed by atoms with van der Waals surface area (Å²) in [5.74, 6) is -2.94. The number of ketones is 1. The largest absolute Gasteiger partial charge is 0.494 e. The summed E-state index contributed by atoms with van der Waals surface area (Å²) in [4.78, 5) is 38.8. The monoisotopic (exact) mass is 472 g/mol. The van der Waals surface area contributed by atoms with Crippen LogP contribution in [0.4, 0.5) is 0 Å². The zero-order chi connectivity index (χ0) is 23.9. The quantitative estimate of drug-likeness (QED) is 0.257. The highest BCUT2D eigenvalue weighted by Crippen LogP contribution is 2.46. The highest BCUT2D eigenvalue weighted by Gasteiger charge is 2.58. The molecule has 1 unspecified atom stereocenters. The molecule has 31 heavy (non-hydrogen) atoms. The number of rotatable bonds is 8. The molecule has 1 fully saturated rings. The van der Waals surface area contributed by atoms with E-state index in [1.807, 2.05) is 0 Å². The minimum Gasteiger partial charge on any atom is -0.494 e. The molecule has 1 amide bonds. The SMILES string of the molecule is COC(=O)C(C(C)=O)N1C(=O)[C@H]([C@@H](C)O[Si](C)(C)C(C)(C)C)[C@H]1Sn1c(O)ccc1O. The lowest BCUT2D eigenvalue weighted by molar-refractivity contribution is -0.172. The Bertz CT molecular complexity index is 845. The first kappa shape index (κ1) is 25.3. The number of β-lactam (4-membered cyclic amide) rings is 1. The predicted octanol–water partition coefficient (Wildman–Crippen LogP) is 2.72. The highest BCUT2D eigenvalue weighted by molar-refractivity contribution is 7.98. The number of aromatic nitrogens is 1. The van der Waals surface area contributed by atoms with Crippen LogP contribution in [0.25, 0.3) is 0 Å². The van der Waals surface area contributed by atoms with E-state index in [4.69, 9.17) is 9.16 Å². The first-order valence-corrected chi connectivity index (χ1v) is 13.7. The van der Waals surface area contributed by atoms with Crippen LogP contribution in [0.2, 0.25) is 18.1 Å². The Hall–Kier alpha value is -1.98. The number of carbonyl (C=O) groups excluding carboxylic acids is 3. The van der Waals surface area contributed by atoms with Gasteiger partial charge in [0, 0.05) is 12.1 Å². The van der Waals surface area contributed by atoms with Crippen LogP contribution < -0.4 is 0 Å². The summed E-state index contributed by atoms with van der Waals surface area (Å²) in [6.07, 6.45) is -0.507. The number of carbonyl (C=O) groups is 3. The number of amides is 1. The highest BCUT2D eigenvalue weighted by atomic mass is 32.2. The summed E-state index contributed by atoms with van der Waals surface area (Å²) >= 11 is 0.943. The molecule has 0 aromatic carbocycles. The van der Waals surface area contributed by atoms with Crippen molar-refractivity contribution in [3.8, 4) is 11.8 Å². The number of hydrogen-bond donors (Lipinski definition) is 2. The Morgan fingerprint density at radius 3 is 2.13 bits per heavy atom. The van der Waals surface area contributed by atoms with Crippen molar-refractivity contribution in [1.29, 1.82) is 0 Å². The third kappa shape index (κ3) is 4.78. The first-order chi connectivity index (χ1) is 14.1. The predicted molar refractivity (Wildman–Crippen MR) is 119 cm³/mol. The lowest BCUT2D eigenvalue weighted by Crippen LogP contribution is -2.70. The van der Waals surface area contributed by atoms with E-state index >= 15 is 0 Å². The van der Waals surface area contributed by atoms with Crippen LogP contribution in [-0.2, 0) is 23.5 Å². The Morgan fingerprint density at radius 2 is 1.71 bits per heavy atom. The van der Waals surface area contributed by atoms with E-state index in [0.29, 0.717) is 0 Å². The van der Waals surface area contributed by atoms with Gasteiger partial charge in [0.25, 0.3) is 0 Å². The van der Waals surface area contributed by atoms with E-state index in [2.05, 4.69) is 33.9 Å². The molecule has 1 aliphatic heterocycles. The number of methoxy groups -OCH3 is 1. The normalized spacial score (nSPS) is 21.4. The smallest absolute Gasteiger partial charge is 0.336 e. The summed E-state index contributed by atoms with van der Waals surface area (Å²) in [6.45, 7) is 13.4. The van der Waals surface area contributed by atoms with Crippen LogP contribution in [0.15, 0.2) is 12.1 Å². The number of Topliss-reactive ketones (excluding diaryl/α,β-unsaturated/α-hetero) is 1. The van der Waals surface area contributed by atoms with Crippen molar-refractivity contribution < 1.29 is 33.8 Å². The van der Waals surface area contributed by atoms with Gasteiger partial charge in [-0.05, 0) is 43.9 Å². The molecule has 0 saturated carbocycles. The average Bonchev–Trinajstić information content (AvgIpc) is 2.95. The summed E-state index contributed by atoms with van der Waals surface area (Å²) < 4.78 is 12.3. The van der Waals surface area contributed by atoms with Crippen molar-refractivity contribution >= 4 is 37.9 Å². The maximum Gasteiger partial charge on any atom is 0.336 e. The molecule has 174 valence electrons.